The van der Waals surface area contributed by atoms with Crippen molar-refractivity contribution in [3.05, 3.63) is 0 Å². The Morgan fingerprint density at radius 1 is 1.60 bits per heavy atom. The molecule has 0 atom stereocenters. The highest BCUT2D eigenvalue weighted by molar-refractivity contribution is 6.12. The molecule has 1 aliphatic rings. The molecule has 5 heavy (non-hydrogen) atoms. The lowest BCUT2D eigenvalue weighted by Gasteiger charge is -1.73. The van der Waals surface area contributed by atoms with Gasteiger partial charge in [0.2, 0.25) is 0 Å². The Balaban J connectivity index is 2.38. The van der Waals surface area contributed by atoms with Crippen LogP contribution in [0.3, 0.4) is 0 Å². The van der Waals surface area contributed by atoms with Crippen LogP contribution in [0.25, 0.3) is 0 Å². The van der Waals surface area contributed by atoms with E-state index in [2.05, 4.69) is 9.78 Å². The summed E-state index contributed by atoms with van der Waals surface area (Å²) < 4.78 is 0. The zero-order chi connectivity index (χ0) is 3.91. The third kappa shape index (κ3) is 0.693. The first-order valence-electron chi connectivity index (χ1n) is 1.30. The van der Waals surface area contributed by atoms with Crippen molar-refractivity contribution in [3.63, 3.8) is 0 Å². The molecule has 0 aromatic carbocycles. The van der Waals surface area contributed by atoms with Crippen LogP contribution in [0.15, 0.2) is 0 Å². The molecule has 0 unspecified atom stereocenters. The molecular formula is CH4O3Si. The van der Waals surface area contributed by atoms with Gasteiger partial charge in [-0.15, -0.1) is 0 Å². The van der Waals surface area contributed by atoms with Crippen molar-refractivity contribution in [3.8, 4) is 0 Å². The normalized spacial score (nSPS) is 30.6. The fourth-order valence-corrected chi connectivity index (χ4v) is 0.144. The third-order valence-electron chi connectivity index (χ3n) is 0.325. The maximum Gasteiger partial charge on any atom is 0.301 e. The van der Waals surface area contributed by atoms with E-state index in [-0.39, 0.29) is 0 Å². The molecule has 0 aromatic heterocycles. The van der Waals surface area contributed by atoms with Crippen molar-refractivity contribution in [1.82, 2.24) is 0 Å². The second-order valence-electron chi connectivity index (χ2n) is 1.06. The molecule has 0 bridgehead atoms. The Morgan fingerprint density at radius 2 is 1.80 bits per heavy atom. The second-order valence-corrected chi connectivity index (χ2v) is 2.33. The van der Waals surface area contributed by atoms with Crippen molar-refractivity contribution < 1.29 is 14.9 Å². The smallest absolute Gasteiger partial charge is 0.301 e. The molecule has 0 saturated carbocycles. The lowest BCUT2D eigenvalue weighted by atomic mass is 11.4. The van der Waals surface area contributed by atoms with Gasteiger partial charge >= 0.3 is 5.60 Å². The number of aliphatic hydroxyl groups is 1. The highest BCUT2D eigenvalue weighted by Gasteiger charge is 2.39. The van der Waals surface area contributed by atoms with Crippen LogP contribution < -0.4 is 0 Å². The molecule has 1 rings (SSSR count). The summed E-state index contributed by atoms with van der Waals surface area (Å²) in [6, 6.07) is 0. The fourth-order valence-electron chi connectivity index (χ4n) is 0.0603. The summed E-state index contributed by atoms with van der Waals surface area (Å²) in [5.41, 5.74) is -1.11. The first-order valence-corrected chi connectivity index (χ1v) is 2.30. The summed E-state index contributed by atoms with van der Waals surface area (Å²) in [5, 5.41) is 8.25. The summed E-state index contributed by atoms with van der Waals surface area (Å²) >= 11 is 0. The van der Waals surface area contributed by atoms with Crippen LogP contribution in [0, 0.1) is 0 Å². The van der Waals surface area contributed by atoms with Crippen LogP contribution in [0.2, 0.25) is 0 Å². The maximum atomic E-state index is 8.25. The minimum Gasteiger partial charge on any atom is -0.345 e. The lowest BCUT2D eigenvalue weighted by Crippen LogP contribution is -2.05. The largest absolute Gasteiger partial charge is 0.345 e. The van der Waals surface area contributed by atoms with Crippen LogP contribution in [0.5, 0.6) is 0 Å². The minimum absolute atomic E-state index is 0.530. The summed E-state index contributed by atoms with van der Waals surface area (Å²) in [6.07, 6.45) is 0. The second kappa shape index (κ2) is 0.599. The van der Waals surface area contributed by atoms with Crippen molar-refractivity contribution in [2.45, 2.75) is 5.60 Å². The molecule has 0 aliphatic carbocycles. The predicted octanol–water partition coefficient (Wildman–Crippen LogP) is -2.08. The highest BCUT2D eigenvalue weighted by atomic mass is 28.1. The highest BCUT2D eigenvalue weighted by Crippen LogP contribution is 2.19. The molecule has 1 N–H and O–H groups in total. The van der Waals surface area contributed by atoms with Gasteiger partial charge in [-0.3, -0.25) is 0 Å². The van der Waals surface area contributed by atoms with Crippen LogP contribution in [0.1, 0.15) is 0 Å². The van der Waals surface area contributed by atoms with Gasteiger partial charge in [-0.05, 0) is 0 Å². The SMILES string of the molecule is OC1([SiH3])OO1. The molecule has 0 spiro atoms. The summed E-state index contributed by atoms with van der Waals surface area (Å²) in [6.45, 7) is 0. The average Bonchev–Trinajstić information content (AvgIpc) is 1.76. The first kappa shape index (κ1) is 3.29. The van der Waals surface area contributed by atoms with Crippen molar-refractivity contribution in [2.24, 2.45) is 0 Å². The Hall–Kier alpha value is 0.0969. The van der Waals surface area contributed by atoms with Gasteiger partial charge in [-0.1, -0.05) is 0 Å². The van der Waals surface area contributed by atoms with Crippen molar-refractivity contribution in [2.75, 3.05) is 0 Å². The molecule has 30 valence electrons. The van der Waals surface area contributed by atoms with E-state index in [1.54, 1.807) is 0 Å². The Kier molecular flexibility index (Phi) is 0.395. The van der Waals surface area contributed by atoms with Gasteiger partial charge in [0.15, 0.2) is 0 Å². The van der Waals surface area contributed by atoms with Crippen molar-refractivity contribution >= 4 is 10.2 Å². The van der Waals surface area contributed by atoms with E-state index >= 15 is 0 Å². The maximum absolute atomic E-state index is 8.25. The fraction of sp³-hybridized carbons (Fsp3) is 1.00. The van der Waals surface area contributed by atoms with E-state index in [1.807, 2.05) is 0 Å². The van der Waals surface area contributed by atoms with Crippen LogP contribution in [-0.2, 0) is 9.78 Å². The van der Waals surface area contributed by atoms with Crippen LogP contribution >= 0.6 is 0 Å². The van der Waals surface area contributed by atoms with Gasteiger partial charge in [0, 0.05) is 0 Å². The summed E-state index contributed by atoms with van der Waals surface area (Å²) in [5.74, 6) is 0. The Morgan fingerprint density at radius 3 is 1.80 bits per heavy atom. The van der Waals surface area contributed by atoms with Gasteiger partial charge in [-0.2, -0.15) is 9.78 Å². The van der Waals surface area contributed by atoms with E-state index in [0.29, 0.717) is 10.2 Å². The molecule has 1 heterocycles. The quantitative estimate of drug-likeness (QED) is 0.212. The predicted molar refractivity (Wildman–Crippen MR) is 17.1 cm³/mol. The van der Waals surface area contributed by atoms with Gasteiger partial charge in [0.25, 0.3) is 0 Å². The molecule has 3 nitrogen and oxygen atoms in total. The van der Waals surface area contributed by atoms with E-state index in [4.69, 9.17) is 5.11 Å². The molecular weight excluding hydrogens is 88.1 g/mol. The molecule has 1 fully saturated rings. The minimum atomic E-state index is -1.11. The zero-order valence-corrected chi connectivity index (χ0v) is 4.76. The lowest BCUT2D eigenvalue weighted by molar-refractivity contribution is 0.0850. The number of hydrogen-bond acceptors (Lipinski definition) is 3. The number of rotatable bonds is 0. The zero-order valence-electron chi connectivity index (χ0n) is 2.76. The van der Waals surface area contributed by atoms with E-state index in [1.165, 1.54) is 0 Å². The molecule has 1 aliphatic heterocycles. The number of hydrogen-bond donors (Lipinski definition) is 1. The molecule has 1 saturated heterocycles. The summed E-state index contributed by atoms with van der Waals surface area (Å²) in [4.78, 5) is 8.03. The van der Waals surface area contributed by atoms with Gasteiger partial charge in [0.1, 0.15) is 10.2 Å². The summed E-state index contributed by atoms with van der Waals surface area (Å²) in [7, 11) is 0.530. The molecule has 0 amide bonds. The molecule has 0 radical (unpaired) electrons. The molecule has 4 heteroatoms. The topological polar surface area (TPSA) is 45.3 Å². The van der Waals surface area contributed by atoms with Crippen LogP contribution in [-0.4, -0.2) is 20.9 Å². The van der Waals surface area contributed by atoms with Gasteiger partial charge in [-0.25, -0.2) is 0 Å². The molecule has 0 aromatic rings. The van der Waals surface area contributed by atoms with E-state index in [0.717, 1.165) is 0 Å². The monoisotopic (exact) mass is 92.0 g/mol. The first-order chi connectivity index (χ1) is 2.21. The third-order valence-corrected chi connectivity index (χ3v) is 0.658. The standard InChI is InChI=1S/CH4O3Si/c2-1(5)3-4-1/h2H,5H3. The average molecular weight is 92.1 g/mol. The van der Waals surface area contributed by atoms with Gasteiger partial charge in [0.05, 0.1) is 0 Å². The van der Waals surface area contributed by atoms with Crippen molar-refractivity contribution in [1.29, 1.82) is 0 Å². The Bertz CT molecular complexity index is 44.9. The van der Waals surface area contributed by atoms with E-state index < -0.39 is 5.60 Å². The van der Waals surface area contributed by atoms with E-state index in [9.17, 15) is 0 Å². The Labute approximate surface area is 31.9 Å². The van der Waals surface area contributed by atoms with Crippen LogP contribution in [0.4, 0.5) is 0 Å². The van der Waals surface area contributed by atoms with Gasteiger partial charge < -0.3 is 5.11 Å².